The Kier molecular flexibility index (Phi) is 7.15. The quantitative estimate of drug-likeness (QED) is 0.205. The first kappa shape index (κ1) is 24.3. The van der Waals surface area contributed by atoms with Crippen molar-refractivity contribution in [2.45, 2.75) is 13.2 Å². The maximum absolute atomic E-state index is 12.1. The second-order valence-electron chi connectivity index (χ2n) is 7.45. The number of esters is 2. The maximum Gasteiger partial charge on any atom is 0.336 e. The van der Waals surface area contributed by atoms with Crippen LogP contribution in [0.5, 0.6) is 11.5 Å². The topological polar surface area (TPSA) is 131 Å². The van der Waals surface area contributed by atoms with Crippen LogP contribution in [0.15, 0.2) is 79.1 Å². The van der Waals surface area contributed by atoms with E-state index in [9.17, 15) is 19.2 Å². The minimum atomic E-state index is -0.820. The van der Waals surface area contributed by atoms with Gasteiger partial charge in [0.05, 0.1) is 14.2 Å². The number of hydrogen-bond donors (Lipinski definition) is 0. The van der Waals surface area contributed by atoms with E-state index in [1.165, 1.54) is 26.4 Å². The Morgan fingerprint density at radius 3 is 1.50 bits per heavy atom. The van der Waals surface area contributed by atoms with E-state index in [1.54, 1.807) is 36.4 Å². The molecule has 10 nitrogen and oxygen atoms in total. The number of ether oxygens (including phenoxy) is 4. The Labute approximate surface area is 203 Å². The average molecular weight is 492 g/mol. The van der Waals surface area contributed by atoms with Crippen LogP contribution in [0.1, 0.15) is 11.1 Å². The highest BCUT2D eigenvalue weighted by atomic mass is 16.5. The van der Waals surface area contributed by atoms with E-state index < -0.39 is 23.2 Å². The first-order chi connectivity index (χ1) is 17.4. The van der Waals surface area contributed by atoms with Gasteiger partial charge in [0.15, 0.2) is 0 Å². The molecule has 0 aliphatic heterocycles. The summed E-state index contributed by atoms with van der Waals surface area (Å²) in [5.74, 6) is -0.629. The van der Waals surface area contributed by atoms with Crippen LogP contribution in [0.2, 0.25) is 0 Å². The molecule has 2 heterocycles. The lowest BCUT2D eigenvalue weighted by Gasteiger charge is -2.07. The van der Waals surface area contributed by atoms with Crippen molar-refractivity contribution in [1.29, 1.82) is 0 Å². The molecule has 4 rings (SSSR count). The second kappa shape index (κ2) is 10.6. The van der Waals surface area contributed by atoms with Gasteiger partial charge in [-0.25, -0.2) is 19.2 Å². The predicted molar refractivity (Wildman–Crippen MR) is 127 cm³/mol. The van der Waals surface area contributed by atoms with Crippen LogP contribution in [0, 0.1) is 0 Å². The molecular weight excluding hydrogens is 472 g/mol. The zero-order chi connectivity index (χ0) is 25.7. The van der Waals surface area contributed by atoms with E-state index in [0.717, 1.165) is 12.2 Å². The van der Waals surface area contributed by atoms with Crippen LogP contribution >= 0.6 is 0 Å². The van der Waals surface area contributed by atoms with Crippen LogP contribution in [0.25, 0.3) is 21.9 Å². The fraction of sp³-hybridized carbons (Fsp3) is 0.154. The number of fused-ring (bicyclic) bond motifs is 2. The molecule has 10 heteroatoms. The van der Waals surface area contributed by atoms with Crippen LogP contribution in [-0.4, -0.2) is 26.2 Å². The largest absolute Gasteiger partial charge is 0.497 e. The summed E-state index contributed by atoms with van der Waals surface area (Å²) in [4.78, 5) is 47.8. The van der Waals surface area contributed by atoms with Gasteiger partial charge in [0.2, 0.25) is 0 Å². The first-order valence-corrected chi connectivity index (χ1v) is 10.6. The van der Waals surface area contributed by atoms with Gasteiger partial charge in [-0.15, -0.1) is 0 Å². The molecular formula is C26H20O10. The fourth-order valence-corrected chi connectivity index (χ4v) is 3.44. The number of benzene rings is 2. The molecule has 2 aromatic heterocycles. The molecule has 0 spiro atoms. The van der Waals surface area contributed by atoms with Gasteiger partial charge in [0.1, 0.15) is 35.9 Å². The van der Waals surface area contributed by atoms with Gasteiger partial charge < -0.3 is 27.8 Å². The van der Waals surface area contributed by atoms with E-state index in [0.29, 0.717) is 33.4 Å². The smallest absolute Gasteiger partial charge is 0.336 e. The van der Waals surface area contributed by atoms with Crippen molar-refractivity contribution in [3.05, 3.63) is 92.7 Å². The van der Waals surface area contributed by atoms with Gasteiger partial charge in [0.25, 0.3) is 0 Å². The number of rotatable bonds is 8. The molecule has 0 radical (unpaired) electrons. The zero-order valence-electron chi connectivity index (χ0n) is 19.3. The summed E-state index contributed by atoms with van der Waals surface area (Å²) in [5, 5.41) is 1.15. The molecule has 0 saturated heterocycles. The SMILES string of the molecule is COc1ccc2c(COC(=O)C=CC(=O)OCc3cc(=O)oc4cc(OC)ccc34)cc(=O)oc2c1. The van der Waals surface area contributed by atoms with Crippen LogP contribution in [0.3, 0.4) is 0 Å². The summed E-state index contributed by atoms with van der Waals surface area (Å²) in [6.07, 6.45) is 1.81. The lowest BCUT2D eigenvalue weighted by Crippen LogP contribution is -2.08. The van der Waals surface area contributed by atoms with Crippen LogP contribution in [-0.2, 0) is 32.3 Å². The lowest BCUT2D eigenvalue weighted by molar-refractivity contribution is -0.141. The molecule has 0 amide bonds. The summed E-state index contributed by atoms with van der Waals surface area (Å²) < 4.78 is 30.8. The van der Waals surface area contributed by atoms with E-state index in [1.807, 2.05) is 0 Å². The van der Waals surface area contributed by atoms with E-state index in [2.05, 4.69) is 0 Å². The van der Waals surface area contributed by atoms with Crippen LogP contribution in [0.4, 0.5) is 0 Å². The highest BCUT2D eigenvalue weighted by Crippen LogP contribution is 2.24. The van der Waals surface area contributed by atoms with Gasteiger partial charge in [-0.1, -0.05) is 0 Å². The Balaban J connectivity index is 1.38. The van der Waals surface area contributed by atoms with E-state index in [4.69, 9.17) is 27.8 Å². The van der Waals surface area contributed by atoms with Crippen molar-refractivity contribution < 1.29 is 37.4 Å². The summed E-state index contributed by atoms with van der Waals surface area (Å²) >= 11 is 0. The third-order valence-corrected chi connectivity index (χ3v) is 5.17. The molecule has 0 aliphatic rings. The molecule has 0 bridgehead atoms. The summed E-state index contributed by atoms with van der Waals surface area (Å²) in [6, 6.07) is 12.3. The minimum Gasteiger partial charge on any atom is -0.497 e. The number of carbonyl (C=O) groups is 2. The lowest BCUT2D eigenvalue weighted by atomic mass is 10.1. The number of carbonyl (C=O) groups excluding carboxylic acids is 2. The first-order valence-electron chi connectivity index (χ1n) is 10.6. The molecule has 2 aromatic carbocycles. The highest BCUT2D eigenvalue weighted by molar-refractivity contribution is 5.92. The molecule has 0 fully saturated rings. The van der Waals surface area contributed by atoms with Gasteiger partial charge in [-0.2, -0.15) is 0 Å². The third-order valence-electron chi connectivity index (χ3n) is 5.17. The zero-order valence-corrected chi connectivity index (χ0v) is 19.3. The summed E-state index contributed by atoms with van der Waals surface area (Å²) in [6.45, 7) is -0.441. The molecule has 0 atom stereocenters. The molecule has 0 unspecified atom stereocenters. The van der Waals surface area contributed by atoms with Crippen molar-refractivity contribution in [2.24, 2.45) is 0 Å². The maximum atomic E-state index is 12.1. The third kappa shape index (κ3) is 5.61. The number of hydrogen-bond acceptors (Lipinski definition) is 10. The summed E-state index contributed by atoms with van der Waals surface area (Å²) in [7, 11) is 2.97. The Hall–Kier alpha value is -4.86. The van der Waals surface area contributed by atoms with Crippen molar-refractivity contribution in [1.82, 2.24) is 0 Å². The van der Waals surface area contributed by atoms with Gasteiger partial charge in [-0.3, -0.25) is 0 Å². The van der Waals surface area contributed by atoms with Gasteiger partial charge in [0, 0.05) is 58.3 Å². The second-order valence-corrected chi connectivity index (χ2v) is 7.45. The molecule has 0 N–H and O–H groups in total. The molecule has 0 saturated carbocycles. The van der Waals surface area contributed by atoms with E-state index >= 15 is 0 Å². The average Bonchev–Trinajstić information content (AvgIpc) is 2.87. The van der Waals surface area contributed by atoms with Crippen molar-refractivity contribution in [3.8, 4) is 11.5 Å². The minimum absolute atomic E-state index is 0.220. The number of methoxy groups -OCH3 is 2. The van der Waals surface area contributed by atoms with Crippen LogP contribution < -0.4 is 20.7 Å². The fourth-order valence-electron chi connectivity index (χ4n) is 3.44. The monoisotopic (exact) mass is 492 g/mol. The van der Waals surface area contributed by atoms with Gasteiger partial charge >= 0.3 is 23.2 Å². The Morgan fingerprint density at radius 2 is 1.11 bits per heavy atom. The standard InChI is InChI=1S/C26H20O10/c1-31-17-3-5-19-15(9-25(29)35-21(19)11-17)13-33-23(27)7-8-24(28)34-14-16-10-26(30)36-22-12-18(32-2)4-6-20(16)22/h3-12H,13-14H2,1-2H3. The van der Waals surface area contributed by atoms with Crippen molar-refractivity contribution >= 4 is 33.9 Å². The Morgan fingerprint density at radius 1 is 0.694 bits per heavy atom. The van der Waals surface area contributed by atoms with Crippen molar-refractivity contribution in [2.75, 3.05) is 14.2 Å². The predicted octanol–water partition coefficient (Wildman–Crippen LogP) is 3.26. The molecule has 4 aromatic rings. The van der Waals surface area contributed by atoms with Gasteiger partial charge in [-0.05, 0) is 24.3 Å². The van der Waals surface area contributed by atoms with Crippen molar-refractivity contribution in [3.63, 3.8) is 0 Å². The normalized spacial score (nSPS) is 11.1. The molecule has 0 aliphatic carbocycles. The molecule has 184 valence electrons. The molecule has 36 heavy (non-hydrogen) atoms. The Bertz CT molecular complexity index is 1470. The summed E-state index contributed by atoms with van der Waals surface area (Å²) in [5.41, 5.74) is 0.212. The highest BCUT2D eigenvalue weighted by Gasteiger charge is 2.11. The van der Waals surface area contributed by atoms with E-state index in [-0.39, 0.29) is 24.4 Å².